The molecule has 15 aromatic heterocycles. The number of hydrogen-bond acceptors (Lipinski definition) is 39. The Morgan fingerprint density at radius 3 is 0.867 bits per heavy atom. The van der Waals surface area contributed by atoms with E-state index >= 15 is 0 Å². The lowest BCUT2D eigenvalue weighted by Gasteiger charge is -2.18. The number of halogens is 15. The number of aromatic nitrogens is 25. The molecule has 150 heavy (non-hydrogen) atoms. The average Bonchev–Trinajstić information content (AvgIpc) is 0.778. The van der Waals surface area contributed by atoms with E-state index in [4.69, 9.17) is 26.0 Å². The van der Waals surface area contributed by atoms with E-state index in [9.17, 15) is 91.4 Å². The molecule has 15 heterocycles. The molecule has 0 radical (unpaired) electrons. The Morgan fingerprint density at radius 1 is 0.293 bits per heavy atom. The Morgan fingerprint density at radius 2 is 0.567 bits per heavy atom. The van der Waals surface area contributed by atoms with Gasteiger partial charge in [-0.2, -0.15) is 141 Å². The van der Waals surface area contributed by atoms with Crippen LogP contribution in [0.3, 0.4) is 0 Å². The van der Waals surface area contributed by atoms with Gasteiger partial charge < -0.3 is 78.4 Å². The number of aryl methyl sites for hydroxylation is 5. The van der Waals surface area contributed by atoms with E-state index in [1.807, 2.05) is 0 Å². The number of rotatable bonds is 29. The number of nitrogens with one attached hydrogen (secondary N) is 10. The molecule has 0 aliphatic rings. The second kappa shape index (κ2) is 47.9. The molecule has 790 valence electrons. The first-order valence-electron chi connectivity index (χ1n) is 52.6. The second-order valence-corrected chi connectivity index (χ2v) is 33.4. The smallest absolute Gasteiger partial charge is 0.389 e. The summed E-state index contributed by atoms with van der Waals surface area (Å²) >= 11 is 0. The van der Waals surface area contributed by atoms with E-state index in [-0.39, 0.29) is 117 Å². The van der Waals surface area contributed by atoms with Crippen molar-refractivity contribution in [2.24, 2.45) is 4.99 Å². The van der Waals surface area contributed by atoms with Crippen LogP contribution in [0.25, 0.3) is 57.6 Å². The molecular weight excluding hydrogens is 2000 g/mol. The first-order valence-corrected chi connectivity index (χ1v) is 43.1. The second-order valence-electron chi connectivity index (χ2n) is 33.4. The Hall–Kier alpha value is -16.7. The highest BCUT2D eigenvalue weighted by Gasteiger charge is 2.38. The molecule has 0 aromatic carbocycles. The summed E-state index contributed by atoms with van der Waals surface area (Å²) in [6.45, 7) is 7.81. The highest BCUT2D eigenvalue weighted by Crippen LogP contribution is 2.37. The van der Waals surface area contributed by atoms with Gasteiger partial charge in [-0.1, -0.05) is 30.3 Å². The molecule has 15 rings (SSSR count). The van der Waals surface area contributed by atoms with E-state index < -0.39 is 203 Å². The zero-order chi connectivity index (χ0) is 127. The van der Waals surface area contributed by atoms with Crippen molar-refractivity contribution in [3.05, 3.63) is 245 Å². The van der Waals surface area contributed by atoms with Crippen molar-refractivity contribution in [2.45, 2.75) is 163 Å². The van der Waals surface area contributed by atoms with Crippen molar-refractivity contribution < 1.29 is 117 Å². The molecule has 15 aromatic rings. The maximum atomic E-state index is 13.2. The summed E-state index contributed by atoms with van der Waals surface area (Å²) in [6.07, 6.45) is -20.0. The van der Waals surface area contributed by atoms with Gasteiger partial charge in [0.2, 0.25) is 53.5 Å². The van der Waals surface area contributed by atoms with Gasteiger partial charge in [0.15, 0.2) is 29.1 Å². The van der Waals surface area contributed by atoms with Crippen LogP contribution in [0.1, 0.15) is 152 Å². The Balaban J connectivity index is 0.000000198. The topological polar surface area (TPSA) is 547 Å². The molecule has 55 heteroatoms. The van der Waals surface area contributed by atoms with Crippen LogP contribution in [0.4, 0.5) is 148 Å². The lowest BCUT2D eigenvalue weighted by Crippen LogP contribution is -2.30. The molecule has 15 N–H and O–H groups in total. The van der Waals surface area contributed by atoms with E-state index in [0.717, 1.165) is 62.4 Å². The molecule has 0 amide bonds. The number of anilines is 13. The summed E-state index contributed by atoms with van der Waals surface area (Å²) in [7, 11) is 0. The lowest BCUT2D eigenvalue weighted by atomic mass is 10.1. The van der Waals surface area contributed by atoms with E-state index in [1.54, 1.807) is 51.2 Å². The number of nitrogens with zero attached hydrogens (tertiary/aromatic N) is 25. The van der Waals surface area contributed by atoms with Gasteiger partial charge in [-0.15, -0.1) is 0 Å². The van der Waals surface area contributed by atoms with Crippen molar-refractivity contribution in [1.82, 2.24) is 125 Å². The van der Waals surface area contributed by atoms with Crippen molar-refractivity contribution in [2.75, 3.05) is 80.3 Å². The minimum atomic E-state index is -4.84. The molecule has 0 unspecified atom stereocenters. The van der Waals surface area contributed by atoms with Crippen molar-refractivity contribution in [3.63, 3.8) is 0 Å². The minimum absolute atomic E-state index is 0.0398. The zero-order valence-electron chi connectivity index (χ0n) is 99.7. The summed E-state index contributed by atoms with van der Waals surface area (Å²) in [4.78, 5) is 100. The van der Waals surface area contributed by atoms with E-state index in [2.05, 4.69) is 177 Å². The lowest BCUT2D eigenvalue weighted by molar-refractivity contribution is -0.141. The molecule has 0 bridgehead atoms. The fraction of sp³-hybridized carbons (Fsp3) is 0.316. The molecule has 40 nitrogen and oxygen atoms in total. The summed E-state index contributed by atoms with van der Waals surface area (Å²) in [5.41, 5.74) is -14.7. The normalized spacial score (nSPS) is 14.4. The van der Waals surface area contributed by atoms with Crippen molar-refractivity contribution >= 4 is 82.2 Å². The third-order valence-corrected chi connectivity index (χ3v) is 17.0. The standard InChI is InChI=1S/5C19H20F3N7O/c5*1-11-9-12(7-8-23-11)25-17-28-15(27-16(29-17)24-10-18(2,3)30)13-5-4-6-14(26-13)19(20,21)22/h5*4-9,30H,10H2,1-3H3,(H2,23,24,25,27,28,29)/i5D,7D,8D,9D,10D2;7D,8D,9D,10D2;9D,10D2;5D,10D2;10D2. The first kappa shape index (κ1) is 88.6. The Labute approximate surface area is 872 Å². The molecule has 0 spiro atoms. The molecular formula is C95H100F15N35O5. The van der Waals surface area contributed by atoms with Gasteiger partial charge in [0.25, 0.3) is 5.95 Å². The number of pyridine rings is 10. The summed E-state index contributed by atoms with van der Waals surface area (Å²) in [5, 5.41) is 73.1. The summed E-state index contributed by atoms with van der Waals surface area (Å²) in [6, 6.07) is 18.3. The Kier molecular flexibility index (Phi) is 28.3. The zero-order valence-corrected chi connectivity index (χ0v) is 80.7. The number of aromatic amines is 1. The van der Waals surface area contributed by atoms with Gasteiger partial charge in [-0.05, 0) is 225 Å². The van der Waals surface area contributed by atoms with Crippen LogP contribution in [-0.2, 0) is 30.9 Å². The fourth-order valence-electron chi connectivity index (χ4n) is 10.9. The first-order chi connectivity index (χ1) is 77.5. The largest absolute Gasteiger partial charge is 0.433 e. The average molecular weight is 2120 g/mol. The predicted octanol–water partition coefficient (Wildman–Crippen LogP) is 17.3. The maximum absolute atomic E-state index is 13.2. The number of hydrogen-bond donors (Lipinski definition) is 15. The molecule has 0 aliphatic heterocycles. The minimum Gasteiger partial charge on any atom is -0.389 e. The fourth-order valence-corrected chi connectivity index (χ4v) is 10.9. The van der Waals surface area contributed by atoms with Gasteiger partial charge in [-0.25, -0.2) is 29.9 Å². The molecule has 0 saturated carbocycles. The molecule has 0 atom stereocenters. The van der Waals surface area contributed by atoms with Gasteiger partial charge in [-0.3, -0.25) is 19.9 Å². The molecule has 0 aliphatic carbocycles. The molecule has 0 saturated heterocycles. The Bertz CT molecular complexity index is 8260. The number of H-pyrrole nitrogens is 1. The van der Waals surface area contributed by atoms with Crippen LogP contribution in [-0.4, -0.2) is 211 Å². The predicted molar refractivity (Wildman–Crippen MR) is 524 cm³/mol. The summed E-state index contributed by atoms with van der Waals surface area (Å²) < 4.78 is 350. The van der Waals surface area contributed by atoms with Crippen LogP contribution in [0.5, 0.6) is 0 Å². The highest BCUT2D eigenvalue weighted by atomic mass is 19.4. The van der Waals surface area contributed by atoms with Crippen LogP contribution >= 0.6 is 0 Å². The SMILES string of the molecule is [2H]C([2H])(Nc1nc(Nc2ccnc(C)c2)nc(-c2cccc(C(F)(F)F)n2)n1)C(C)(C)O.[2H]c1c(C)[nH]ccc1=Nc1nc(NC([2H])([2H])C(C)(C)O)nc(-c2cccc(C(F)(F)F)n2)n1.[2H]c1ccc(C(F)(F)F)nc1-c1nc(Nc2c([2H])c([2H])nc(C)c2[2H])nc(NC([2H])([2H])C(C)(C)O)n1.[2H]c1ccc(C(F)(F)F)nc1-c1nc(Nc2ccnc(C)c2)nc(NC([2H])([2H])C(C)(C)O)n1.[2H]c1nc(C)c([2H])c(Nc2nc(NC([2H])([2H])C(C)(C)O)nc(-c3cccc(C(F)(F)F)n3)n2)c1[2H]. The van der Waals surface area contributed by atoms with Crippen LogP contribution in [0.15, 0.2) is 187 Å². The molecule has 0 fully saturated rings. The van der Waals surface area contributed by atoms with Gasteiger partial charge in [0, 0.05) is 115 Å². The van der Waals surface area contributed by atoms with E-state index in [1.165, 1.54) is 106 Å². The number of aliphatic hydroxyl groups is 5. The van der Waals surface area contributed by atoms with Crippen molar-refractivity contribution in [3.8, 4) is 57.6 Å². The summed E-state index contributed by atoms with van der Waals surface area (Å²) in [5.74, 6) is -5.38. The van der Waals surface area contributed by atoms with Gasteiger partial charge >= 0.3 is 30.9 Å². The quantitative estimate of drug-likeness (QED) is 0.0194. The number of alkyl halides is 15. The third-order valence-electron chi connectivity index (χ3n) is 17.0. The van der Waals surface area contributed by atoms with Crippen LogP contribution < -0.4 is 53.2 Å². The van der Waals surface area contributed by atoms with Crippen molar-refractivity contribution in [1.29, 1.82) is 0 Å². The van der Waals surface area contributed by atoms with Gasteiger partial charge in [0.05, 0.1) is 59.4 Å². The van der Waals surface area contributed by atoms with Gasteiger partial charge in [0.1, 0.15) is 56.9 Å². The van der Waals surface area contributed by atoms with Crippen LogP contribution in [0.2, 0.25) is 0 Å². The maximum Gasteiger partial charge on any atom is 0.433 e. The highest BCUT2D eigenvalue weighted by molar-refractivity contribution is 5.65. The van der Waals surface area contributed by atoms with E-state index in [0.29, 0.717) is 40.6 Å². The third kappa shape index (κ3) is 37.7. The van der Waals surface area contributed by atoms with Crippen LogP contribution in [0, 0.1) is 34.6 Å². The monoisotopic (exact) mass is 2110 g/mol.